The van der Waals surface area contributed by atoms with Gasteiger partial charge in [-0.3, -0.25) is 4.79 Å². The van der Waals surface area contributed by atoms with Crippen molar-refractivity contribution in [2.75, 3.05) is 6.61 Å². The second kappa shape index (κ2) is 3.59. The van der Waals surface area contributed by atoms with Crippen molar-refractivity contribution >= 4 is 16.4 Å². The summed E-state index contributed by atoms with van der Waals surface area (Å²) >= 11 is 0. The van der Waals surface area contributed by atoms with E-state index < -0.39 is 12.0 Å². The minimum atomic E-state index is -0.743. The lowest BCUT2D eigenvalue weighted by Crippen LogP contribution is -2.37. The SMILES string of the molecule is [2H]OC(=O)[C@H](CO)N[SiH3]. The standard InChI is InChI=1S/C3H9NO3Si/c5-1-2(4-8)3(6)7/h2,4-5H,1H2,8H3,(H,6,7)/t2-/m0/s1/i/hD. The lowest BCUT2D eigenvalue weighted by atomic mass is 10.3. The molecule has 5 heteroatoms. The first-order chi connectivity index (χ1) is 4.26. The van der Waals surface area contributed by atoms with Crippen molar-refractivity contribution in [1.82, 2.24) is 4.98 Å². The van der Waals surface area contributed by atoms with Crippen molar-refractivity contribution < 1.29 is 15.0 Å². The van der Waals surface area contributed by atoms with Crippen LogP contribution in [-0.4, -0.2) is 39.2 Å². The van der Waals surface area contributed by atoms with E-state index in [1.165, 1.54) is 0 Å². The Labute approximate surface area is 51.5 Å². The molecule has 48 valence electrons. The number of aliphatic hydroxyl groups is 1. The Hall–Kier alpha value is -0.393. The van der Waals surface area contributed by atoms with Gasteiger partial charge in [0.25, 0.3) is 1.43 Å². The molecule has 0 saturated carbocycles. The number of carboxylic acid groups (broad SMARTS) is 1. The molecule has 0 saturated heterocycles. The van der Waals surface area contributed by atoms with Gasteiger partial charge in [-0.1, -0.05) is 0 Å². The highest BCUT2D eigenvalue weighted by molar-refractivity contribution is 6.06. The molecule has 0 aromatic heterocycles. The van der Waals surface area contributed by atoms with Gasteiger partial charge in [0.15, 0.2) is 0 Å². The van der Waals surface area contributed by atoms with Crippen LogP contribution in [-0.2, 0) is 4.79 Å². The van der Waals surface area contributed by atoms with Gasteiger partial charge in [-0.05, 0) is 0 Å². The Bertz CT molecular complexity index is 97.1. The number of aliphatic hydroxyl groups excluding tert-OH is 1. The van der Waals surface area contributed by atoms with Crippen LogP contribution in [0.15, 0.2) is 0 Å². The predicted octanol–water partition coefficient (Wildman–Crippen LogP) is -2.70. The fourth-order valence-electron chi connectivity index (χ4n) is 0.284. The van der Waals surface area contributed by atoms with Gasteiger partial charge in [-0.2, -0.15) is 0 Å². The number of carbonyl (C=O) groups is 1. The molecule has 4 nitrogen and oxygen atoms in total. The Balaban J connectivity index is 3.64. The summed E-state index contributed by atoms with van der Waals surface area (Å²) in [5.74, 6) is -0.743. The van der Waals surface area contributed by atoms with E-state index in [0.717, 1.165) is 0 Å². The van der Waals surface area contributed by atoms with E-state index in [0.29, 0.717) is 10.4 Å². The van der Waals surface area contributed by atoms with Gasteiger partial charge >= 0.3 is 5.97 Å². The fraction of sp³-hybridized carbons (Fsp3) is 0.667. The summed E-state index contributed by atoms with van der Waals surface area (Å²) in [4.78, 5) is 13.0. The first kappa shape index (κ1) is 5.74. The average Bonchev–Trinajstić information content (AvgIpc) is 1.90. The maximum atomic E-state index is 10.4. The molecule has 0 radical (unpaired) electrons. The van der Waals surface area contributed by atoms with Crippen LogP contribution in [0.1, 0.15) is 0 Å². The molecule has 1 atom stereocenters. The molecule has 0 rings (SSSR count). The maximum absolute atomic E-state index is 10.4. The molecular weight excluding hydrogens is 126 g/mol. The summed E-state index contributed by atoms with van der Waals surface area (Å²) in [6.07, 6.45) is 0. The molecule has 0 aliphatic rings. The van der Waals surface area contributed by atoms with Crippen molar-refractivity contribution in [3.8, 4) is 0 Å². The summed E-state index contributed by atoms with van der Waals surface area (Å²) in [5.41, 5.74) is 0. The molecule has 0 spiro atoms. The second-order valence-corrected chi connectivity index (χ2v) is 1.92. The molecule has 0 aliphatic carbocycles. The van der Waals surface area contributed by atoms with Crippen molar-refractivity contribution in [3.63, 3.8) is 0 Å². The van der Waals surface area contributed by atoms with Gasteiger partial charge in [0.05, 0.1) is 17.0 Å². The summed E-state index contributed by atoms with van der Waals surface area (Å²) in [6, 6.07) is -0.714. The van der Waals surface area contributed by atoms with Gasteiger partial charge in [0, 0.05) is 0 Å². The van der Waals surface area contributed by atoms with Gasteiger partial charge in [-0.15, -0.1) is 0 Å². The zero-order valence-electron chi connectivity index (χ0n) is 5.55. The summed E-state index contributed by atoms with van der Waals surface area (Å²) in [7, 11) is 0.590. The lowest BCUT2D eigenvalue weighted by molar-refractivity contribution is -0.139. The minimum Gasteiger partial charge on any atom is -0.480 e. The number of hydrogen-bond acceptors (Lipinski definition) is 4. The van der Waals surface area contributed by atoms with Crippen molar-refractivity contribution in [1.29, 1.82) is 1.43 Å². The summed E-state index contributed by atoms with van der Waals surface area (Å²) < 4.78 is 6.16. The van der Waals surface area contributed by atoms with Crippen LogP contribution in [0.25, 0.3) is 1.43 Å². The third-order valence-electron chi connectivity index (χ3n) is 0.816. The number of carboxylic acids is 1. The zero-order valence-corrected chi connectivity index (χ0v) is 6.55. The summed E-state index contributed by atoms with van der Waals surface area (Å²) in [6.45, 7) is -0.318. The predicted molar refractivity (Wildman–Crippen MR) is 31.6 cm³/mol. The highest BCUT2D eigenvalue weighted by Gasteiger charge is 2.10. The molecule has 0 fully saturated rings. The van der Waals surface area contributed by atoms with Gasteiger partial charge < -0.3 is 15.2 Å². The molecule has 0 aromatic carbocycles. The van der Waals surface area contributed by atoms with Crippen LogP contribution < -0.4 is 4.98 Å². The normalized spacial score (nSPS) is 14.9. The number of rotatable bonds is 3. The largest absolute Gasteiger partial charge is 0.480 e. The maximum Gasteiger partial charge on any atom is 0.322 e. The molecule has 0 heterocycles. The van der Waals surface area contributed by atoms with E-state index in [-0.39, 0.29) is 6.61 Å². The minimum absolute atomic E-state index is 0.318. The Morgan fingerprint density at radius 1 is 2.12 bits per heavy atom. The van der Waals surface area contributed by atoms with E-state index in [4.69, 9.17) is 6.54 Å². The van der Waals surface area contributed by atoms with Crippen LogP contribution in [0.5, 0.6) is 0 Å². The zero-order chi connectivity index (χ0) is 7.28. The third-order valence-corrected chi connectivity index (χ3v) is 1.51. The highest BCUT2D eigenvalue weighted by Crippen LogP contribution is 1.76. The average molecular weight is 136 g/mol. The van der Waals surface area contributed by atoms with Crippen LogP contribution in [0.3, 0.4) is 0 Å². The van der Waals surface area contributed by atoms with Crippen LogP contribution in [0.4, 0.5) is 0 Å². The van der Waals surface area contributed by atoms with E-state index >= 15 is 0 Å². The van der Waals surface area contributed by atoms with Crippen LogP contribution in [0.2, 0.25) is 0 Å². The summed E-state index contributed by atoms with van der Waals surface area (Å²) in [5, 5.41) is 12.0. The van der Waals surface area contributed by atoms with Gasteiger partial charge in [0.2, 0.25) is 0 Å². The first-order valence-corrected chi connectivity index (χ1v) is 3.21. The third kappa shape index (κ3) is 2.06. The molecule has 0 aliphatic heterocycles. The topological polar surface area (TPSA) is 69.6 Å². The first-order valence-electron chi connectivity index (χ1n) is 2.62. The van der Waals surface area contributed by atoms with Crippen molar-refractivity contribution in [2.45, 2.75) is 6.04 Å². The van der Waals surface area contributed by atoms with Gasteiger partial charge in [-0.25, -0.2) is 0 Å². The molecule has 8 heavy (non-hydrogen) atoms. The van der Waals surface area contributed by atoms with E-state index in [2.05, 4.69) is 10.1 Å². The lowest BCUT2D eigenvalue weighted by Gasteiger charge is -2.04. The Morgan fingerprint density at radius 2 is 2.75 bits per heavy atom. The molecule has 0 aromatic rings. The van der Waals surface area contributed by atoms with Crippen LogP contribution in [0, 0.1) is 0 Å². The highest BCUT2D eigenvalue weighted by atomic mass is 28.2. The van der Waals surface area contributed by atoms with Crippen molar-refractivity contribution in [2.24, 2.45) is 0 Å². The van der Waals surface area contributed by atoms with E-state index in [1.54, 1.807) is 0 Å². The van der Waals surface area contributed by atoms with Gasteiger partial charge in [0.1, 0.15) is 6.04 Å². The quantitative estimate of drug-likeness (QED) is 0.369. The van der Waals surface area contributed by atoms with E-state index in [1.807, 2.05) is 0 Å². The van der Waals surface area contributed by atoms with E-state index in [9.17, 15) is 4.79 Å². The molecular formula is C3H9NO3Si. The number of hydrogen-bond donors (Lipinski definition) is 3. The van der Waals surface area contributed by atoms with Crippen LogP contribution >= 0.6 is 0 Å². The smallest absolute Gasteiger partial charge is 0.322 e. The molecule has 0 amide bonds. The number of aliphatic carboxylic acids is 1. The van der Waals surface area contributed by atoms with Crippen molar-refractivity contribution in [3.05, 3.63) is 0 Å². The molecule has 3 N–H and O–H groups in total. The number of nitrogens with one attached hydrogen (secondary N) is 1. The fourth-order valence-corrected chi connectivity index (χ4v) is 0.702. The second-order valence-electron chi connectivity index (χ2n) is 1.34. The molecule has 0 unspecified atom stereocenters. The Kier molecular flexibility index (Phi) is 2.57. The molecule has 0 bridgehead atoms. The Morgan fingerprint density at radius 3 is 2.88 bits per heavy atom. The monoisotopic (exact) mass is 136 g/mol.